The molecule has 0 spiro atoms. The van der Waals surface area contributed by atoms with Crippen LogP contribution in [0, 0.1) is 0 Å². The van der Waals surface area contributed by atoms with Gasteiger partial charge in [-0.3, -0.25) is 9.59 Å². The largest absolute Gasteiger partial charge is 0.380 e. The van der Waals surface area contributed by atoms with E-state index in [0.29, 0.717) is 17.1 Å². The van der Waals surface area contributed by atoms with E-state index in [1.54, 1.807) is 0 Å². The Morgan fingerprint density at radius 1 is 1.41 bits per heavy atom. The summed E-state index contributed by atoms with van der Waals surface area (Å²) in [6.45, 7) is 1.42. The minimum Gasteiger partial charge on any atom is -0.380 e. The molecular formula is C11H13N3O2S. The van der Waals surface area contributed by atoms with E-state index in [4.69, 9.17) is 0 Å². The van der Waals surface area contributed by atoms with Crippen LogP contribution in [0.2, 0.25) is 0 Å². The Hall–Kier alpha value is -1.53. The minimum atomic E-state index is -0.195. The van der Waals surface area contributed by atoms with Crippen molar-refractivity contribution < 1.29 is 9.59 Å². The molecule has 1 aliphatic carbocycles. The van der Waals surface area contributed by atoms with E-state index < -0.39 is 0 Å². The lowest BCUT2D eigenvalue weighted by molar-refractivity contribution is 0.0977. The number of thiazole rings is 1. The summed E-state index contributed by atoms with van der Waals surface area (Å²) in [7, 11) is 3.89. The second kappa shape index (κ2) is 4.77. The van der Waals surface area contributed by atoms with Crippen LogP contribution in [0.1, 0.15) is 20.2 Å². The summed E-state index contributed by atoms with van der Waals surface area (Å²) < 4.78 is 0. The third kappa shape index (κ3) is 2.42. The smallest absolute Gasteiger partial charge is 0.228 e. The molecule has 5 nitrogen and oxygen atoms in total. The van der Waals surface area contributed by atoms with Crippen molar-refractivity contribution in [1.82, 2.24) is 15.2 Å². The summed E-state index contributed by atoms with van der Waals surface area (Å²) in [5, 5.41) is 2.98. The Bertz CT molecular complexity index is 491. The van der Waals surface area contributed by atoms with Gasteiger partial charge in [0.1, 0.15) is 10.6 Å². The zero-order valence-corrected chi connectivity index (χ0v) is 10.5. The zero-order valence-electron chi connectivity index (χ0n) is 9.69. The Morgan fingerprint density at radius 3 is 2.88 bits per heavy atom. The summed E-state index contributed by atoms with van der Waals surface area (Å²) in [5.41, 5.74) is 2.14. The van der Waals surface area contributed by atoms with Crippen molar-refractivity contribution in [2.75, 3.05) is 27.2 Å². The number of Topliss-reactive ketones (excluding diaryl/α,β-unsaturated/α-hetero) is 1. The molecule has 1 aliphatic rings. The predicted molar refractivity (Wildman–Crippen MR) is 65.4 cm³/mol. The van der Waals surface area contributed by atoms with Crippen molar-refractivity contribution in [1.29, 1.82) is 0 Å². The van der Waals surface area contributed by atoms with Crippen molar-refractivity contribution in [2.24, 2.45) is 0 Å². The lowest BCUT2D eigenvalue weighted by Gasteiger charge is -2.15. The first-order valence-electron chi connectivity index (χ1n) is 5.22. The molecule has 90 valence electrons. The first-order chi connectivity index (χ1) is 8.09. The zero-order chi connectivity index (χ0) is 12.4. The van der Waals surface area contributed by atoms with Crippen LogP contribution in [-0.4, -0.2) is 48.6 Å². The molecule has 0 saturated carbocycles. The van der Waals surface area contributed by atoms with E-state index >= 15 is 0 Å². The molecule has 6 heteroatoms. The molecule has 17 heavy (non-hydrogen) atoms. The number of fused-ring (bicyclic) bond motifs is 1. The van der Waals surface area contributed by atoms with E-state index in [1.165, 1.54) is 22.9 Å². The highest BCUT2D eigenvalue weighted by atomic mass is 32.1. The molecule has 0 amide bonds. The van der Waals surface area contributed by atoms with E-state index in [-0.39, 0.29) is 17.3 Å². The molecule has 0 aromatic carbocycles. The van der Waals surface area contributed by atoms with Gasteiger partial charge in [0.25, 0.3) is 0 Å². The van der Waals surface area contributed by atoms with Gasteiger partial charge in [0.2, 0.25) is 5.78 Å². The second-order valence-corrected chi connectivity index (χ2v) is 4.87. The molecule has 0 unspecified atom stereocenters. The van der Waals surface area contributed by atoms with Gasteiger partial charge in [-0.15, -0.1) is 11.3 Å². The standard InChI is InChI=1S/C11H13N3O2S/c1-14(2)4-3-12-7-5-8(15)11-9(10(7)16)13-6-17-11/h5-6,12H,3-4H2,1-2H3. The molecule has 0 aliphatic heterocycles. The molecule has 2 rings (SSSR count). The van der Waals surface area contributed by atoms with Crippen LogP contribution in [0.5, 0.6) is 0 Å². The van der Waals surface area contributed by atoms with E-state index in [1.807, 2.05) is 19.0 Å². The summed E-state index contributed by atoms with van der Waals surface area (Å²) in [6.07, 6.45) is 1.36. The Labute approximate surface area is 103 Å². The molecule has 0 saturated heterocycles. The maximum Gasteiger partial charge on any atom is 0.228 e. The Kier molecular flexibility index (Phi) is 3.35. The fourth-order valence-corrected chi connectivity index (χ4v) is 2.21. The number of nitrogens with zero attached hydrogens (tertiary/aromatic N) is 2. The lowest BCUT2D eigenvalue weighted by atomic mass is 10.0. The van der Waals surface area contributed by atoms with Crippen molar-refractivity contribution >= 4 is 22.9 Å². The fraction of sp³-hybridized carbons (Fsp3) is 0.364. The number of allylic oxidation sites excluding steroid dienone is 2. The number of carbonyl (C=O) groups excluding carboxylic acids is 2. The number of ketones is 2. The second-order valence-electron chi connectivity index (χ2n) is 4.01. The van der Waals surface area contributed by atoms with Gasteiger partial charge in [0.15, 0.2) is 5.78 Å². The number of hydrogen-bond donors (Lipinski definition) is 1. The fourth-order valence-electron chi connectivity index (χ4n) is 1.52. The predicted octanol–water partition coefficient (Wildman–Crippen LogP) is 0.557. The van der Waals surface area contributed by atoms with Crippen molar-refractivity contribution in [3.63, 3.8) is 0 Å². The van der Waals surface area contributed by atoms with Crippen LogP contribution in [0.4, 0.5) is 0 Å². The maximum atomic E-state index is 11.9. The molecule has 0 radical (unpaired) electrons. The summed E-state index contributed by atoms with van der Waals surface area (Å²) in [4.78, 5) is 30.0. The van der Waals surface area contributed by atoms with Crippen LogP contribution in [0.3, 0.4) is 0 Å². The van der Waals surface area contributed by atoms with E-state index in [2.05, 4.69) is 10.3 Å². The van der Waals surface area contributed by atoms with Crippen LogP contribution >= 0.6 is 11.3 Å². The monoisotopic (exact) mass is 251 g/mol. The molecule has 1 heterocycles. The molecular weight excluding hydrogens is 238 g/mol. The molecule has 0 fully saturated rings. The minimum absolute atomic E-state index is 0.144. The number of rotatable bonds is 4. The molecule has 0 bridgehead atoms. The van der Waals surface area contributed by atoms with Gasteiger partial charge >= 0.3 is 0 Å². The van der Waals surface area contributed by atoms with Gasteiger partial charge in [-0.25, -0.2) is 4.98 Å². The molecule has 1 aromatic rings. The van der Waals surface area contributed by atoms with Gasteiger partial charge < -0.3 is 10.2 Å². The van der Waals surface area contributed by atoms with Gasteiger partial charge in [0, 0.05) is 19.2 Å². The maximum absolute atomic E-state index is 11.9. The SMILES string of the molecule is CN(C)CCNC1=CC(=O)c2scnc2C1=O. The number of carbonyl (C=O) groups is 2. The van der Waals surface area contributed by atoms with Gasteiger partial charge in [-0.05, 0) is 14.1 Å². The third-order valence-electron chi connectivity index (χ3n) is 2.40. The van der Waals surface area contributed by atoms with Crippen LogP contribution < -0.4 is 5.32 Å². The molecule has 1 aromatic heterocycles. The average molecular weight is 251 g/mol. The average Bonchev–Trinajstić information content (AvgIpc) is 2.74. The van der Waals surface area contributed by atoms with Gasteiger partial charge in [-0.2, -0.15) is 0 Å². The van der Waals surface area contributed by atoms with Crippen molar-refractivity contribution in [3.8, 4) is 0 Å². The normalized spacial score (nSPS) is 14.9. The molecule has 0 atom stereocenters. The number of likely N-dealkylation sites (N-methyl/N-ethyl adjacent to an activating group) is 1. The van der Waals surface area contributed by atoms with Crippen LogP contribution in [0.25, 0.3) is 0 Å². The Balaban J connectivity index is 2.10. The number of hydrogen-bond acceptors (Lipinski definition) is 6. The molecule has 1 N–H and O–H groups in total. The highest BCUT2D eigenvalue weighted by Gasteiger charge is 2.27. The number of nitrogens with one attached hydrogen (secondary N) is 1. The topological polar surface area (TPSA) is 62.3 Å². The van der Waals surface area contributed by atoms with Crippen LogP contribution in [0.15, 0.2) is 17.3 Å². The lowest BCUT2D eigenvalue weighted by Crippen LogP contribution is -2.31. The highest BCUT2D eigenvalue weighted by Crippen LogP contribution is 2.22. The Morgan fingerprint density at radius 2 is 2.18 bits per heavy atom. The third-order valence-corrected chi connectivity index (χ3v) is 3.24. The first kappa shape index (κ1) is 11.9. The van der Waals surface area contributed by atoms with Crippen molar-refractivity contribution in [2.45, 2.75) is 0 Å². The van der Waals surface area contributed by atoms with Crippen molar-refractivity contribution in [3.05, 3.63) is 27.9 Å². The summed E-state index contributed by atoms with van der Waals surface area (Å²) >= 11 is 1.21. The summed E-state index contributed by atoms with van der Waals surface area (Å²) in [6, 6.07) is 0. The highest BCUT2D eigenvalue weighted by molar-refractivity contribution is 7.12. The van der Waals surface area contributed by atoms with Gasteiger partial charge in [0.05, 0.1) is 11.2 Å². The van der Waals surface area contributed by atoms with Crippen LogP contribution in [-0.2, 0) is 0 Å². The summed E-state index contributed by atoms with van der Waals surface area (Å²) in [5.74, 6) is -0.339. The quantitative estimate of drug-likeness (QED) is 0.847. The van der Waals surface area contributed by atoms with Gasteiger partial charge in [-0.1, -0.05) is 0 Å². The van der Waals surface area contributed by atoms with E-state index in [9.17, 15) is 9.59 Å². The first-order valence-corrected chi connectivity index (χ1v) is 6.10. The number of aromatic nitrogens is 1. The van der Waals surface area contributed by atoms with E-state index in [0.717, 1.165) is 6.54 Å².